The van der Waals surface area contributed by atoms with Gasteiger partial charge in [0.1, 0.15) is 5.82 Å². The van der Waals surface area contributed by atoms with Crippen molar-refractivity contribution in [3.8, 4) is 0 Å². The maximum absolute atomic E-state index is 5.78. The number of hydrogen-bond donors (Lipinski definition) is 2. The van der Waals surface area contributed by atoms with E-state index in [1.54, 1.807) is 19.1 Å². The summed E-state index contributed by atoms with van der Waals surface area (Å²) in [5.74, 6) is 1.19. The molecule has 0 amide bonds. The van der Waals surface area contributed by atoms with Crippen LogP contribution in [0, 0.1) is 6.92 Å². The standard InChI is InChI=1S/C10H10ClN5/c1-6-13-9(12)16-10(14-6)15-8-4-2-7(11)3-5-8/h2-5H,1H3,(H3,12,13,14,15,16). The van der Waals surface area contributed by atoms with Crippen LogP contribution in [0.3, 0.4) is 0 Å². The number of rotatable bonds is 2. The zero-order valence-electron chi connectivity index (χ0n) is 8.61. The topological polar surface area (TPSA) is 76.7 Å². The van der Waals surface area contributed by atoms with Crippen molar-refractivity contribution in [2.45, 2.75) is 6.92 Å². The van der Waals surface area contributed by atoms with Crippen molar-refractivity contribution >= 4 is 29.2 Å². The van der Waals surface area contributed by atoms with E-state index in [4.69, 9.17) is 17.3 Å². The van der Waals surface area contributed by atoms with E-state index in [2.05, 4.69) is 20.3 Å². The van der Waals surface area contributed by atoms with Crippen molar-refractivity contribution in [2.24, 2.45) is 0 Å². The fourth-order valence-corrected chi connectivity index (χ4v) is 1.35. The van der Waals surface area contributed by atoms with Crippen molar-refractivity contribution in [3.05, 3.63) is 35.1 Å². The Labute approximate surface area is 97.7 Å². The molecule has 1 aromatic heterocycles. The van der Waals surface area contributed by atoms with Gasteiger partial charge < -0.3 is 11.1 Å². The van der Waals surface area contributed by atoms with Gasteiger partial charge in [0, 0.05) is 10.7 Å². The first-order valence-corrected chi connectivity index (χ1v) is 5.02. The molecule has 0 saturated heterocycles. The molecule has 0 fully saturated rings. The number of halogens is 1. The number of nitrogens with zero attached hydrogens (tertiary/aromatic N) is 3. The number of hydrogen-bond acceptors (Lipinski definition) is 5. The highest BCUT2D eigenvalue weighted by Crippen LogP contribution is 2.16. The average molecular weight is 236 g/mol. The number of aromatic nitrogens is 3. The lowest BCUT2D eigenvalue weighted by atomic mass is 10.3. The quantitative estimate of drug-likeness (QED) is 0.834. The van der Waals surface area contributed by atoms with Gasteiger partial charge in [0.2, 0.25) is 11.9 Å². The maximum Gasteiger partial charge on any atom is 0.232 e. The highest BCUT2D eigenvalue weighted by atomic mass is 35.5. The second kappa shape index (κ2) is 4.32. The van der Waals surface area contributed by atoms with Crippen molar-refractivity contribution < 1.29 is 0 Å². The molecule has 1 heterocycles. The van der Waals surface area contributed by atoms with E-state index in [0.717, 1.165) is 5.69 Å². The van der Waals surface area contributed by atoms with Crippen molar-refractivity contribution in [3.63, 3.8) is 0 Å². The molecule has 2 aromatic rings. The summed E-state index contributed by atoms with van der Waals surface area (Å²) in [5.41, 5.74) is 6.36. The van der Waals surface area contributed by atoms with Gasteiger partial charge in [0.15, 0.2) is 0 Å². The van der Waals surface area contributed by atoms with Crippen LogP contribution in [0.15, 0.2) is 24.3 Å². The van der Waals surface area contributed by atoms with Gasteiger partial charge in [-0.05, 0) is 31.2 Å². The van der Waals surface area contributed by atoms with Gasteiger partial charge in [-0.3, -0.25) is 0 Å². The molecular formula is C10H10ClN5. The van der Waals surface area contributed by atoms with E-state index >= 15 is 0 Å². The molecule has 0 aliphatic rings. The van der Waals surface area contributed by atoms with Crippen LogP contribution < -0.4 is 11.1 Å². The largest absolute Gasteiger partial charge is 0.368 e. The van der Waals surface area contributed by atoms with Gasteiger partial charge in [-0.1, -0.05) is 11.6 Å². The van der Waals surface area contributed by atoms with Crippen LogP contribution in [0.2, 0.25) is 5.02 Å². The third-order valence-corrected chi connectivity index (χ3v) is 2.12. The van der Waals surface area contributed by atoms with Crippen LogP contribution in [0.1, 0.15) is 5.82 Å². The van der Waals surface area contributed by atoms with Crippen LogP contribution in [0.25, 0.3) is 0 Å². The third kappa shape index (κ3) is 2.58. The van der Waals surface area contributed by atoms with Gasteiger partial charge in [0.05, 0.1) is 0 Å². The van der Waals surface area contributed by atoms with E-state index in [0.29, 0.717) is 16.8 Å². The summed E-state index contributed by atoms with van der Waals surface area (Å²) in [6, 6.07) is 7.22. The summed E-state index contributed by atoms with van der Waals surface area (Å²) >= 11 is 5.78. The van der Waals surface area contributed by atoms with Crippen LogP contribution in [-0.4, -0.2) is 15.0 Å². The molecule has 0 saturated carbocycles. The zero-order valence-corrected chi connectivity index (χ0v) is 9.36. The number of aryl methyl sites for hydroxylation is 1. The molecule has 0 aliphatic heterocycles. The summed E-state index contributed by atoms with van der Waals surface area (Å²) in [7, 11) is 0. The molecular weight excluding hydrogens is 226 g/mol. The van der Waals surface area contributed by atoms with Gasteiger partial charge >= 0.3 is 0 Å². The van der Waals surface area contributed by atoms with E-state index in [-0.39, 0.29) is 5.95 Å². The Bertz CT molecular complexity index is 477. The number of anilines is 3. The first-order valence-electron chi connectivity index (χ1n) is 4.64. The van der Waals surface area contributed by atoms with Crippen LogP contribution in [0.4, 0.5) is 17.6 Å². The molecule has 16 heavy (non-hydrogen) atoms. The molecule has 0 bridgehead atoms. The molecule has 2 rings (SSSR count). The zero-order chi connectivity index (χ0) is 11.5. The fourth-order valence-electron chi connectivity index (χ4n) is 1.22. The Morgan fingerprint density at radius 1 is 1.12 bits per heavy atom. The first-order chi connectivity index (χ1) is 7.63. The molecule has 5 nitrogen and oxygen atoms in total. The van der Waals surface area contributed by atoms with Crippen molar-refractivity contribution in [1.82, 2.24) is 15.0 Å². The summed E-state index contributed by atoms with van der Waals surface area (Å²) < 4.78 is 0. The fraction of sp³-hybridized carbons (Fsp3) is 0.100. The Morgan fingerprint density at radius 2 is 1.81 bits per heavy atom. The Morgan fingerprint density at radius 3 is 2.44 bits per heavy atom. The summed E-state index contributed by atoms with van der Waals surface area (Å²) in [4.78, 5) is 12.0. The molecule has 0 radical (unpaired) electrons. The lowest BCUT2D eigenvalue weighted by Crippen LogP contribution is -2.04. The van der Waals surface area contributed by atoms with E-state index in [1.165, 1.54) is 0 Å². The number of nitrogens with one attached hydrogen (secondary N) is 1. The third-order valence-electron chi connectivity index (χ3n) is 1.86. The number of nitrogen functional groups attached to an aromatic ring is 1. The normalized spacial score (nSPS) is 10.1. The van der Waals surface area contributed by atoms with Gasteiger partial charge in [-0.2, -0.15) is 15.0 Å². The predicted octanol–water partition coefficient (Wildman–Crippen LogP) is 2.16. The summed E-state index contributed by atoms with van der Waals surface area (Å²) in [6.07, 6.45) is 0. The second-order valence-electron chi connectivity index (χ2n) is 3.20. The smallest absolute Gasteiger partial charge is 0.232 e. The number of benzene rings is 1. The van der Waals surface area contributed by atoms with Crippen LogP contribution in [-0.2, 0) is 0 Å². The summed E-state index contributed by atoms with van der Waals surface area (Å²) in [6.45, 7) is 1.76. The van der Waals surface area contributed by atoms with Gasteiger partial charge in [0.25, 0.3) is 0 Å². The molecule has 82 valence electrons. The molecule has 6 heteroatoms. The second-order valence-corrected chi connectivity index (χ2v) is 3.63. The van der Waals surface area contributed by atoms with Gasteiger partial charge in [-0.25, -0.2) is 0 Å². The first kappa shape index (κ1) is 10.6. The Hall–Kier alpha value is -1.88. The molecule has 1 aromatic carbocycles. The van der Waals surface area contributed by atoms with E-state index < -0.39 is 0 Å². The lowest BCUT2D eigenvalue weighted by Gasteiger charge is -2.05. The minimum absolute atomic E-state index is 0.198. The van der Waals surface area contributed by atoms with E-state index in [1.807, 2.05) is 12.1 Å². The summed E-state index contributed by atoms with van der Waals surface area (Å²) in [5, 5.41) is 3.69. The minimum Gasteiger partial charge on any atom is -0.368 e. The number of nitrogens with two attached hydrogens (primary N) is 1. The van der Waals surface area contributed by atoms with Gasteiger partial charge in [-0.15, -0.1) is 0 Å². The molecule has 0 aliphatic carbocycles. The highest BCUT2D eigenvalue weighted by molar-refractivity contribution is 6.30. The van der Waals surface area contributed by atoms with Crippen LogP contribution >= 0.6 is 11.6 Å². The van der Waals surface area contributed by atoms with E-state index in [9.17, 15) is 0 Å². The molecule has 0 spiro atoms. The average Bonchev–Trinajstić information content (AvgIpc) is 2.20. The predicted molar refractivity (Wildman–Crippen MR) is 63.7 cm³/mol. The SMILES string of the molecule is Cc1nc(N)nc(Nc2ccc(Cl)cc2)n1. The maximum atomic E-state index is 5.78. The lowest BCUT2D eigenvalue weighted by molar-refractivity contribution is 0.995. The Kier molecular flexibility index (Phi) is 2.87. The molecule has 3 N–H and O–H groups in total. The van der Waals surface area contributed by atoms with Crippen LogP contribution in [0.5, 0.6) is 0 Å². The molecule has 0 atom stereocenters. The minimum atomic E-state index is 0.198. The highest BCUT2D eigenvalue weighted by Gasteiger charge is 2.01. The monoisotopic (exact) mass is 235 g/mol. The molecule has 0 unspecified atom stereocenters. The Balaban J connectivity index is 2.23. The van der Waals surface area contributed by atoms with Crippen molar-refractivity contribution in [1.29, 1.82) is 0 Å². The van der Waals surface area contributed by atoms with Crippen molar-refractivity contribution in [2.75, 3.05) is 11.1 Å².